The summed E-state index contributed by atoms with van der Waals surface area (Å²) in [5, 5.41) is 9.01. The average molecular weight is 261 g/mol. The van der Waals surface area contributed by atoms with E-state index in [4.69, 9.17) is 0 Å². The fourth-order valence-corrected chi connectivity index (χ4v) is 4.17. The fraction of sp³-hybridized carbons (Fsp3) is 0.500. The summed E-state index contributed by atoms with van der Waals surface area (Å²) in [6, 6.07) is 0. The first-order valence-corrected chi connectivity index (χ1v) is 6.84. The van der Waals surface area contributed by atoms with Gasteiger partial charge in [0, 0.05) is 0 Å². The number of allylic oxidation sites excluding steroid dienone is 2. The fourth-order valence-electron chi connectivity index (χ4n) is 3.47. The highest BCUT2D eigenvalue weighted by Gasteiger charge is 2.60. The van der Waals surface area contributed by atoms with Crippen LogP contribution in [0.5, 0.6) is 0 Å². The molecule has 0 spiro atoms. The molecular formula is C12H11N3O2S. The molecule has 0 N–H and O–H groups in total. The van der Waals surface area contributed by atoms with Gasteiger partial charge in [0.05, 0.1) is 11.8 Å². The number of amides is 2. The summed E-state index contributed by atoms with van der Waals surface area (Å²) in [5.41, 5.74) is 0. The molecule has 2 bridgehead atoms. The maximum absolute atomic E-state index is 12.4. The Morgan fingerprint density at radius 1 is 1.17 bits per heavy atom. The Balaban J connectivity index is 1.76. The SMILES string of the molecule is Cc1nnc(N2C(=O)[C@@H]3[C@H](C2=O)[C@@H]2C=C[C@H]3C2)s1. The Labute approximate surface area is 108 Å². The Kier molecular flexibility index (Phi) is 1.88. The van der Waals surface area contributed by atoms with E-state index in [-0.39, 0.29) is 35.5 Å². The van der Waals surface area contributed by atoms with Crippen LogP contribution in [0.3, 0.4) is 0 Å². The van der Waals surface area contributed by atoms with Gasteiger partial charge in [-0.3, -0.25) is 9.59 Å². The molecule has 0 aromatic carbocycles. The van der Waals surface area contributed by atoms with Gasteiger partial charge < -0.3 is 0 Å². The third kappa shape index (κ3) is 1.11. The van der Waals surface area contributed by atoms with Crippen LogP contribution in [-0.2, 0) is 9.59 Å². The smallest absolute Gasteiger partial charge is 0.240 e. The number of carbonyl (C=O) groups is 2. The third-order valence-corrected chi connectivity index (χ3v) is 5.00. The summed E-state index contributed by atoms with van der Waals surface area (Å²) < 4.78 is 0. The number of fused-ring (bicyclic) bond motifs is 5. The molecule has 92 valence electrons. The minimum absolute atomic E-state index is 0.0852. The van der Waals surface area contributed by atoms with Crippen LogP contribution in [0.4, 0.5) is 5.13 Å². The maximum Gasteiger partial charge on any atom is 0.240 e. The Bertz CT molecular complexity index is 564. The largest absolute Gasteiger partial charge is 0.274 e. The third-order valence-electron chi connectivity index (χ3n) is 4.18. The summed E-state index contributed by atoms with van der Waals surface area (Å²) in [7, 11) is 0. The molecule has 4 rings (SSSR count). The van der Waals surface area contributed by atoms with E-state index >= 15 is 0 Å². The normalized spacial score (nSPS) is 36.8. The van der Waals surface area contributed by atoms with Crippen LogP contribution in [0, 0.1) is 30.6 Å². The van der Waals surface area contributed by atoms with Crippen molar-refractivity contribution in [1.29, 1.82) is 0 Å². The number of rotatable bonds is 1. The Morgan fingerprint density at radius 2 is 1.78 bits per heavy atom. The molecular weight excluding hydrogens is 250 g/mol. The van der Waals surface area contributed by atoms with Crippen molar-refractivity contribution in [3.05, 3.63) is 17.2 Å². The molecule has 2 fully saturated rings. The van der Waals surface area contributed by atoms with E-state index in [0.29, 0.717) is 5.13 Å². The van der Waals surface area contributed by atoms with Crippen molar-refractivity contribution in [3.8, 4) is 0 Å². The first kappa shape index (κ1) is 10.4. The molecule has 1 aromatic heterocycles. The summed E-state index contributed by atoms with van der Waals surface area (Å²) >= 11 is 1.30. The van der Waals surface area contributed by atoms with Crippen molar-refractivity contribution < 1.29 is 9.59 Å². The minimum Gasteiger partial charge on any atom is -0.274 e. The number of aryl methyl sites for hydroxylation is 1. The van der Waals surface area contributed by atoms with Crippen molar-refractivity contribution in [2.24, 2.45) is 23.7 Å². The van der Waals surface area contributed by atoms with E-state index in [2.05, 4.69) is 22.3 Å². The lowest BCUT2D eigenvalue weighted by Gasteiger charge is -2.14. The zero-order valence-electron chi connectivity index (χ0n) is 9.74. The maximum atomic E-state index is 12.4. The van der Waals surface area contributed by atoms with Gasteiger partial charge in [0.2, 0.25) is 16.9 Å². The van der Waals surface area contributed by atoms with Crippen LogP contribution in [0.15, 0.2) is 12.2 Å². The summed E-state index contributed by atoms with van der Waals surface area (Å²) in [5.74, 6) is 0.00958. The van der Waals surface area contributed by atoms with Gasteiger partial charge in [-0.25, -0.2) is 4.90 Å². The predicted octanol–water partition coefficient (Wildman–Crippen LogP) is 1.16. The summed E-state index contributed by atoms with van der Waals surface area (Å²) in [6.45, 7) is 1.82. The van der Waals surface area contributed by atoms with E-state index in [9.17, 15) is 9.59 Å². The quantitative estimate of drug-likeness (QED) is 0.562. The lowest BCUT2D eigenvalue weighted by Crippen LogP contribution is -2.32. The van der Waals surface area contributed by atoms with Gasteiger partial charge in [0.15, 0.2) is 0 Å². The molecule has 5 nitrogen and oxygen atoms in total. The van der Waals surface area contributed by atoms with Gasteiger partial charge >= 0.3 is 0 Å². The second-order valence-corrected chi connectivity index (χ2v) is 6.28. The first-order chi connectivity index (χ1) is 8.66. The molecule has 0 unspecified atom stereocenters. The number of hydrogen-bond donors (Lipinski definition) is 0. The molecule has 2 aliphatic carbocycles. The van der Waals surface area contributed by atoms with Gasteiger partial charge in [-0.1, -0.05) is 23.5 Å². The number of aromatic nitrogens is 2. The van der Waals surface area contributed by atoms with Crippen molar-refractivity contribution in [1.82, 2.24) is 10.2 Å². The van der Waals surface area contributed by atoms with Gasteiger partial charge in [-0.15, -0.1) is 10.2 Å². The van der Waals surface area contributed by atoms with Crippen LogP contribution < -0.4 is 4.90 Å². The first-order valence-electron chi connectivity index (χ1n) is 6.03. The van der Waals surface area contributed by atoms with Crippen LogP contribution in [0.2, 0.25) is 0 Å². The molecule has 2 heterocycles. The predicted molar refractivity (Wildman–Crippen MR) is 64.9 cm³/mol. The van der Waals surface area contributed by atoms with E-state index < -0.39 is 0 Å². The molecule has 1 aromatic rings. The van der Waals surface area contributed by atoms with Crippen molar-refractivity contribution in [3.63, 3.8) is 0 Å². The monoisotopic (exact) mass is 261 g/mol. The van der Waals surface area contributed by atoms with Gasteiger partial charge in [-0.05, 0) is 25.2 Å². The lowest BCUT2D eigenvalue weighted by molar-refractivity contribution is -0.123. The molecule has 6 heteroatoms. The van der Waals surface area contributed by atoms with Gasteiger partial charge in [0.1, 0.15) is 5.01 Å². The molecule has 1 saturated carbocycles. The summed E-state index contributed by atoms with van der Waals surface area (Å²) in [6.07, 6.45) is 5.13. The molecule has 3 aliphatic rings. The van der Waals surface area contributed by atoms with Gasteiger partial charge in [0.25, 0.3) is 0 Å². The second-order valence-electron chi connectivity index (χ2n) is 5.12. The Morgan fingerprint density at radius 3 is 2.28 bits per heavy atom. The number of hydrogen-bond acceptors (Lipinski definition) is 5. The van der Waals surface area contributed by atoms with Crippen molar-refractivity contribution in [2.75, 3.05) is 4.90 Å². The van der Waals surface area contributed by atoms with E-state index in [1.54, 1.807) is 0 Å². The van der Waals surface area contributed by atoms with Crippen LogP contribution in [0.25, 0.3) is 0 Å². The molecule has 2 amide bonds. The number of imide groups is 1. The highest BCUT2D eigenvalue weighted by molar-refractivity contribution is 7.15. The van der Waals surface area contributed by atoms with Crippen molar-refractivity contribution >= 4 is 28.3 Å². The molecule has 1 aliphatic heterocycles. The van der Waals surface area contributed by atoms with Crippen molar-refractivity contribution in [2.45, 2.75) is 13.3 Å². The molecule has 0 radical (unpaired) electrons. The minimum atomic E-state index is -0.156. The molecule has 1 saturated heterocycles. The standard InChI is InChI=1S/C12H11N3O2S/c1-5-13-14-12(18-5)15-10(16)8-6-2-3-7(4-6)9(8)11(15)17/h2-3,6-9H,4H2,1H3/t6-,7+,8-,9+. The summed E-state index contributed by atoms with van der Waals surface area (Å²) in [4.78, 5) is 26.1. The van der Waals surface area contributed by atoms with Crippen LogP contribution in [-0.4, -0.2) is 22.0 Å². The number of anilines is 1. The Hall–Kier alpha value is -1.56. The average Bonchev–Trinajstić information content (AvgIpc) is 3.05. The zero-order chi connectivity index (χ0) is 12.4. The van der Waals surface area contributed by atoms with E-state index in [1.165, 1.54) is 16.2 Å². The van der Waals surface area contributed by atoms with E-state index in [0.717, 1.165) is 11.4 Å². The highest BCUT2D eigenvalue weighted by atomic mass is 32.1. The molecule has 18 heavy (non-hydrogen) atoms. The topological polar surface area (TPSA) is 63.2 Å². The van der Waals surface area contributed by atoms with E-state index in [1.807, 2.05) is 6.92 Å². The number of carbonyl (C=O) groups excluding carboxylic acids is 2. The van der Waals surface area contributed by atoms with Crippen LogP contribution >= 0.6 is 11.3 Å². The highest BCUT2D eigenvalue weighted by Crippen LogP contribution is 2.53. The lowest BCUT2D eigenvalue weighted by atomic mass is 9.85. The second kappa shape index (κ2) is 3.26. The molecule has 4 atom stereocenters. The number of nitrogens with zero attached hydrogens (tertiary/aromatic N) is 3. The van der Waals surface area contributed by atoms with Crippen LogP contribution in [0.1, 0.15) is 11.4 Å². The zero-order valence-corrected chi connectivity index (χ0v) is 10.6. The van der Waals surface area contributed by atoms with Gasteiger partial charge in [-0.2, -0.15) is 0 Å².